The highest BCUT2D eigenvalue weighted by Gasteiger charge is 2.32. The molecular formula is C19H30N4O5S. The number of ether oxygens (including phenoxy) is 3. The SMILES string of the molecule is CN(C)C(=S)O[C@@H](CCOC(=O)NC(=O)OC(C)(C)C)C1CCCn2ccnc21. The molecule has 2 amide bonds. The summed E-state index contributed by atoms with van der Waals surface area (Å²) in [4.78, 5) is 29.7. The lowest BCUT2D eigenvalue weighted by Crippen LogP contribution is -2.38. The average Bonchev–Trinajstić information content (AvgIpc) is 3.07. The van der Waals surface area contributed by atoms with Crippen molar-refractivity contribution < 1.29 is 23.8 Å². The molecule has 2 rings (SSSR count). The maximum Gasteiger partial charge on any atom is 0.417 e. The number of fused-ring (bicyclic) bond motifs is 1. The number of nitrogens with one attached hydrogen (secondary N) is 1. The molecule has 2 heterocycles. The number of nitrogens with zero attached hydrogens (tertiary/aromatic N) is 3. The van der Waals surface area contributed by atoms with Gasteiger partial charge in [0, 0.05) is 39.5 Å². The normalized spacial score (nSPS) is 16.9. The first kappa shape index (κ1) is 22.9. The van der Waals surface area contributed by atoms with E-state index in [2.05, 4.69) is 9.55 Å². The van der Waals surface area contributed by atoms with Crippen molar-refractivity contribution in [3.8, 4) is 0 Å². The maximum atomic E-state index is 11.9. The van der Waals surface area contributed by atoms with Crippen molar-refractivity contribution in [1.29, 1.82) is 0 Å². The highest BCUT2D eigenvalue weighted by molar-refractivity contribution is 7.80. The molecule has 9 nitrogen and oxygen atoms in total. The van der Waals surface area contributed by atoms with Gasteiger partial charge in [-0.05, 0) is 45.8 Å². The molecule has 1 aromatic rings. The zero-order chi connectivity index (χ0) is 21.6. The third-order valence-electron chi connectivity index (χ3n) is 4.30. The molecule has 1 aromatic heterocycles. The fraction of sp³-hybridized carbons (Fsp3) is 0.684. The van der Waals surface area contributed by atoms with E-state index in [9.17, 15) is 9.59 Å². The number of imidazole rings is 1. The number of carbonyl (C=O) groups excluding carboxylic acids is 2. The molecule has 1 aliphatic heterocycles. The summed E-state index contributed by atoms with van der Waals surface area (Å²) in [6.45, 7) is 6.11. The predicted molar refractivity (Wildman–Crippen MR) is 111 cm³/mol. The number of hydrogen-bond donors (Lipinski definition) is 1. The molecule has 10 heteroatoms. The fourth-order valence-corrected chi connectivity index (χ4v) is 3.19. The molecule has 1 unspecified atom stereocenters. The van der Waals surface area contributed by atoms with Gasteiger partial charge in [0.25, 0.3) is 5.17 Å². The first-order chi connectivity index (χ1) is 13.6. The smallest absolute Gasteiger partial charge is 0.417 e. The third kappa shape index (κ3) is 7.19. The molecule has 0 spiro atoms. The fourth-order valence-electron chi connectivity index (χ4n) is 3.07. The van der Waals surface area contributed by atoms with E-state index in [-0.39, 0.29) is 18.6 Å². The van der Waals surface area contributed by atoms with Gasteiger partial charge in [0.1, 0.15) is 17.5 Å². The van der Waals surface area contributed by atoms with Crippen molar-refractivity contribution in [3.63, 3.8) is 0 Å². The third-order valence-corrected chi connectivity index (χ3v) is 4.76. The quantitative estimate of drug-likeness (QED) is 0.718. The summed E-state index contributed by atoms with van der Waals surface area (Å²) in [5.41, 5.74) is -0.700. The molecule has 0 bridgehead atoms. The predicted octanol–water partition coefficient (Wildman–Crippen LogP) is 3.04. The van der Waals surface area contributed by atoms with E-state index in [4.69, 9.17) is 26.4 Å². The largest absolute Gasteiger partial charge is 0.467 e. The van der Waals surface area contributed by atoms with Crippen molar-refractivity contribution in [2.24, 2.45) is 0 Å². The van der Waals surface area contributed by atoms with Crippen LogP contribution in [-0.2, 0) is 20.8 Å². The zero-order valence-corrected chi connectivity index (χ0v) is 18.5. The first-order valence-corrected chi connectivity index (χ1v) is 10.0. The lowest BCUT2D eigenvalue weighted by atomic mass is 9.91. The molecule has 0 saturated carbocycles. The second-order valence-electron chi connectivity index (χ2n) is 8.10. The monoisotopic (exact) mass is 426 g/mol. The average molecular weight is 427 g/mol. The molecular weight excluding hydrogens is 396 g/mol. The maximum absolute atomic E-state index is 11.9. The lowest BCUT2D eigenvalue weighted by molar-refractivity contribution is 0.0490. The van der Waals surface area contributed by atoms with Crippen molar-refractivity contribution in [3.05, 3.63) is 18.2 Å². The molecule has 1 aliphatic rings. The van der Waals surface area contributed by atoms with E-state index in [1.54, 1.807) is 31.9 Å². The van der Waals surface area contributed by atoms with E-state index in [0.29, 0.717) is 11.6 Å². The molecule has 0 saturated heterocycles. The number of imide groups is 1. The lowest BCUT2D eigenvalue weighted by Gasteiger charge is -2.32. The molecule has 0 aliphatic carbocycles. The van der Waals surface area contributed by atoms with Crippen LogP contribution in [0.2, 0.25) is 0 Å². The standard InChI is InChI=1S/C19H30N4O5S/c1-19(2,3)28-17(25)21-16(24)26-12-8-14(27-18(29)22(4)5)13-7-6-10-23-11-9-20-15(13)23/h9,11,13-14H,6-8,10,12H2,1-5H3,(H,21,24,25)/t13?,14-/m0/s1. The van der Waals surface area contributed by atoms with Gasteiger partial charge in [-0.15, -0.1) is 0 Å². The molecule has 29 heavy (non-hydrogen) atoms. The summed E-state index contributed by atoms with van der Waals surface area (Å²) in [6, 6.07) is 0. The number of alkyl carbamates (subject to hydrolysis) is 2. The van der Waals surface area contributed by atoms with Gasteiger partial charge in [0.05, 0.1) is 12.5 Å². The first-order valence-electron chi connectivity index (χ1n) is 9.62. The van der Waals surface area contributed by atoms with Crippen LogP contribution in [0.25, 0.3) is 0 Å². The van der Waals surface area contributed by atoms with Crippen molar-refractivity contribution in [2.45, 2.75) is 64.2 Å². The number of hydrogen-bond acceptors (Lipinski definition) is 7. The molecule has 1 N–H and O–H groups in total. The summed E-state index contributed by atoms with van der Waals surface area (Å²) in [6.07, 6.45) is 4.03. The Labute approximate surface area is 176 Å². The van der Waals surface area contributed by atoms with Gasteiger partial charge in [-0.3, -0.25) is 0 Å². The van der Waals surface area contributed by atoms with E-state index in [1.165, 1.54) is 0 Å². The van der Waals surface area contributed by atoms with Crippen LogP contribution in [0.4, 0.5) is 9.59 Å². The van der Waals surface area contributed by atoms with Crippen LogP contribution in [0, 0.1) is 0 Å². The van der Waals surface area contributed by atoms with Crippen molar-refractivity contribution >= 4 is 29.6 Å². The summed E-state index contributed by atoms with van der Waals surface area (Å²) >= 11 is 5.31. The Kier molecular flexibility index (Phi) is 7.83. The highest BCUT2D eigenvalue weighted by Crippen LogP contribution is 2.32. The highest BCUT2D eigenvalue weighted by atomic mass is 32.1. The van der Waals surface area contributed by atoms with Crippen molar-refractivity contribution in [1.82, 2.24) is 19.8 Å². The van der Waals surface area contributed by atoms with Crippen LogP contribution in [0.3, 0.4) is 0 Å². The van der Waals surface area contributed by atoms with Crippen molar-refractivity contribution in [2.75, 3.05) is 20.7 Å². The van der Waals surface area contributed by atoms with Gasteiger partial charge >= 0.3 is 12.2 Å². The second kappa shape index (κ2) is 9.91. The topological polar surface area (TPSA) is 94.9 Å². The van der Waals surface area contributed by atoms with Gasteiger partial charge < -0.3 is 23.7 Å². The van der Waals surface area contributed by atoms with E-state index < -0.39 is 17.8 Å². The Hall–Kier alpha value is -2.36. The minimum atomic E-state index is -0.863. The number of thiocarbonyl (C=S) groups is 1. The number of aromatic nitrogens is 2. The summed E-state index contributed by atoms with van der Waals surface area (Å²) in [5, 5.41) is 2.40. The van der Waals surface area contributed by atoms with Gasteiger partial charge in [-0.1, -0.05) is 0 Å². The van der Waals surface area contributed by atoms with Crippen LogP contribution in [0.15, 0.2) is 12.4 Å². The Balaban J connectivity index is 1.94. The number of amides is 2. The van der Waals surface area contributed by atoms with Gasteiger partial charge in [0.15, 0.2) is 0 Å². The molecule has 2 atom stereocenters. The molecule has 0 aromatic carbocycles. The van der Waals surface area contributed by atoms with Gasteiger partial charge in [-0.2, -0.15) is 0 Å². The summed E-state index contributed by atoms with van der Waals surface area (Å²) in [5.74, 6) is 0.982. The van der Waals surface area contributed by atoms with E-state index in [0.717, 1.165) is 25.2 Å². The van der Waals surface area contributed by atoms with E-state index in [1.807, 2.05) is 25.6 Å². The molecule has 0 fully saturated rings. The summed E-state index contributed by atoms with van der Waals surface area (Å²) in [7, 11) is 3.62. The minimum absolute atomic E-state index is 0.0363. The molecule has 162 valence electrons. The summed E-state index contributed by atoms with van der Waals surface area (Å²) < 4.78 is 18.3. The molecule has 0 radical (unpaired) electrons. The van der Waals surface area contributed by atoms with Gasteiger partial charge in [0.2, 0.25) is 0 Å². The van der Waals surface area contributed by atoms with Crippen LogP contribution in [-0.4, -0.2) is 64.2 Å². The second-order valence-corrected chi connectivity index (χ2v) is 8.44. The zero-order valence-electron chi connectivity index (χ0n) is 17.6. The van der Waals surface area contributed by atoms with Crippen LogP contribution < -0.4 is 5.32 Å². The Bertz CT molecular complexity index is 728. The van der Waals surface area contributed by atoms with Crippen LogP contribution in [0.1, 0.15) is 51.8 Å². The number of carbonyl (C=O) groups is 2. The Morgan fingerprint density at radius 1 is 1.38 bits per heavy atom. The van der Waals surface area contributed by atoms with Gasteiger partial charge in [-0.25, -0.2) is 19.9 Å². The number of rotatable bonds is 5. The Morgan fingerprint density at radius 2 is 2.10 bits per heavy atom. The van der Waals surface area contributed by atoms with E-state index >= 15 is 0 Å². The number of aryl methyl sites for hydroxylation is 1. The van der Waals surface area contributed by atoms with Crippen LogP contribution >= 0.6 is 12.2 Å². The van der Waals surface area contributed by atoms with Crippen LogP contribution in [0.5, 0.6) is 0 Å². The Morgan fingerprint density at radius 3 is 2.76 bits per heavy atom. The minimum Gasteiger partial charge on any atom is -0.467 e.